The monoisotopic (exact) mass is 296 g/mol. The van der Waals surface area contributed by atoms with Gasteiger partial charge in [0.15, 0.2) is 0 Å². The van der Waals surface area contributed by atoms with Gasteiger partial charge in [-0.05, 0) is 54.2 Å². The molecule has 0 unspecified atom stereocenters. The van der Waals surface area contributed by atoms with Crippen molar-refractivity contribution in [1.82, 2.24) is 0 Å². The molecule has 2 fully saturated rings. The summed E-state index contributed by atoms with van der Waals surface area (Å²) >= 11 is 0. The van der Waals surface area contributed by atoms with Gasteiger partial charge in [0, 0.05) is 5.41 Å². The summed E-state index contributed by atoms with van der Waals surface area (Å²) in [6, 6.07) is 10.4. The van der Waals surface area contributed by atoms with E-state index >= 15 is 0 Å². The van der Waals surface area contributed by atoms with Crippen LogP contribution in [0.1, 0.15) is 52.0 Å². The van der Waals surface area contributed by atoms with Crippen LogP contribution in [0.3, 0.4) is 0 Å². The molecule has 0 aromatic heterocycles. The first-order chi connectivity index (χ1) is 10.5. The van der Waals surface area contributed by atoms with Crippen LogP contribution in [0.25, 0.3) is 0 Å². The lowest BCUT2D eigenvalue weighted by Gasteiger charge is -2.34. The van der Waals surface area contributed by atoms with E-state index in [1.807, 2.05) is 6.07 Å². The molecule has 0 amide bonds. The second-order valence-corrected chi connectivity index (χ2v) is 7.65. The van der Waals surface area contributed by atoms with Gasteiger partial charge in [-0.2, -0.15) is 0 Å². The molecule has 1 nitrogen and oxygen atoms in total. The van der Waals surface area contributed by atoms with Crippen molar-refractivity contribution in [1.29, 1.82) is 0 Å². The van der Waals surface area contributed by atoms with Crippen molar-refractivity contribution in [2.75, 3.05) is 6.61 Å². The van der Waals surface area contributed by atoms with Crippen molar-refractivity contribution in [3.63, 3.8) is 0 Å². The van der Waals surface area contributed by atoms with Gasteiger partial charge in [0.2, 0.25) is 0 Å². The Balaban J connectivity index is 1.51. The Labute approximate surface area is 135 Å². The Morgan fingerprint density at radius 2 is 2.00 bits per heavy atom. The second kappa shape index (κ2) is 6.07. The third-order valence-corrected chi connectivity index (χ3v) is 6.35. The Kier molecular flexibility index (Phi) is 4.30. The molecule has 2 saturated carbocycles. The molecule has 0 N–H and O–H groups in total. The summed E-state index contributed by atoms with van der Waals surface area (Å²) in [4.78, 5) is 0. The Bertz CT molecular complexity index is 577. The summed E-state index contributed by atoms with van der Waals surface area (Å²) < 4.78 is 5.73. The number of hydrogen-bond acceptors (Lipinski definition) is 1. The molecule has 2 bridgehead atoms. The zero-order valence-corrected chi connectivity index (χ0v) is 14.2. The average molecular weight is 296 g/mol. The second-order valence-electron chi connectivity index (χ2n) is 7.65. The van der Waals surface area contributed by atoms with E-state index in [-0.39, 0.29) is 0 Å². The van der Waals surface area contributed by atoms with Crippen LogP contribution in [0.15, 0.2) is 47.7 Å². The highest BCUT2D eigenvalue weighted by atomic mass is 16.5. The van der Waals surface area contributed by atoms with Gasteiger partial charge in [-0.15, -0.1) is 5.73 Å². The van der Waals surface area contributed by atoms with Crippen LogP contribution < -0.4 is 0 Å². The number of benzene rings is 1. The van der Waals surface area contributed by atoms with E-state index in [1.54, 1.807) is 5.57 Å². The van der Waals surface area contributed by atoms with Crippen LogP contribution in [0.2, 0.25) is 0 Å². The van der Waals surface area contributed by atoms with Gasteiger partial charge in [0.05, 0.1) is 13.2 Å². The molecule has 0 spiro atoms. The van der Waals surface area contributed by atoms with Gasteiger partial charge in [-0.25, -0.2) is 0 Å². The Morgan fingerprint density at radius 3 is 2.64 bits per heavy atom. The third-order valence-electron chi connectivity index (χ3n) is 6.35. The standard InChI is InChI=1S/C21H28O/c1-20(2)18-12-13-21(20,3)19(15-18)11-7-8-14-22-16-17-9-5-4-6-10-17/h4-7,9-10,18H,8,12-16H2,1-3H3/t11?,18-,21+/m1/s1. The SMILES string of the molecule is CC1(C)[C@@H]2CC[C@@]1(C)C(=C=CCCOCc1ccccc1)C2. The van der Waals surface area contributed by atoms with Crippen molar-refractivity contribution >= 4 is 0 Å². The number of hydrogen-bond donors (Lipinski definition) is 0. The molecule has 2 aliphatic carbocycles. The highest BCUT2D eigenvalue weighted by molar-refractivity contribution is 5.28. The van der Waals surface area contributed by atoms with Gasteiger partial charge in [-0.1, -0.05) is 51.1 Å². The molecule has 118 valence electrons. The predicted molar refractivity (Wildman–Crippen MR) is 91.5 cm³/mol. The molecule has 0 radical (unpaired) electrons. The summed E-state index contributed by atoms with van der Waals surface area (Å²) in [7, 11) is 0. The van der Waals surface area contributed by atoms with Crippen molar-refractivity contribution in [2.24, 2.45) is 16.7 Å². The van der Waals surface area contributed by atoms with E-state index in [4.69, 9.17) is 4.74 Å². The molecule has 3 rings (SSSR count). The first kappa shape index (κ1) is 15.6. The first-order valence-corrected chi connectivity index (χ1v) is 8.60. The lowest BCUT2D eigenvalue weighted by atomic mass is 9.69. The van der Waals surface area contributed by atoms with Crippen LogP contribution in [0.5, 0.6) is 0 Å². The number of rotatable bonds is 5. The fourth-order valence-corrected chi connectivity index (χ4v) is 4.29. The molecule has 0 heterocycles. The normalized spacial score (nSPS) is 28.7. The van der Waals surface area contributed by atoms with Gasteiger partial charge < -0.3 is 4.74 Å². The van der Waals surface area contributed by atoms with E-state index in [1.165, 1.54) is 24.8 Å². The highest BCUT2D eigenvalue weighted by Crippen LogP contribution is 2.67. The topological polar surface area (TPSA) is 9.23 Å². The fourth-order valence-electron chi connectivity index (χ4n) is 4.29. The first-order valence-electron chi connectivity index (χ1n) is 8.60. The largest absolute Gasteiger partial charge is 0.376 e. The van der Waals surface area contributed by atoms with E-state index in [0.29, 0.717) is 17.4 Å². The molecule has 1 heteroatoms. The van der Waals surface area contributed by atoms with Gasteiger partial charge >= 0.3 is 0 Å². The summed E-state index contributed by atoms with van der Waals surface area (Å²) in [5, 5.41) is 0. The van der Waals surface area contributed by atoms with E-state index < -0.39 is 0 Å². The summed E-state index contributed by atoms with van der Waals surface area (Å²) in [6.07, 6.45) is 7.14. The lowest BCUT2D eigenvalue weighted by Crippen LogP contribution is -2.27. The van der Waals surface area contributed by atoms with Crippen LogP contribution in [0, 0.1) is 16.7 Å². The minimum Gasteiger partial charge on any atom is -0.376 e. The van der Waals surface area contributed by atoms with Crippen molar-refractivity contribution < 1.29 is 4.74 Å². The molecule has 1 aromatic rings. The molecule has 2 aliphatic rings. The molecular formula is C21H28O. The summed E-state index contributed by atoms with van der Waals surface area (Å²) in [6.45, 7) is 8.82. The minimum atomic E-state index is 0.374. The predicted octanol–water partition coefficient (Wildman–Crippen LogP) is 5.52. The molecule has 2 atom stereocenters. The van der Waals surface area contributed by atoms with Crippen LogP contribution >= 0.6 is 0 Å². The smallest absolute Gasteiger partial charge is 0.0717 e. The maximum atomic E-state index is 5.73. The molecule has 0 aliphatic heterocycles. The fraction of sp³-hybridized carbons (Fsp3) is 0.571. The van der Waals surface area contributed by atoms with E-state index in [2.05, 4.69) is 56.8 Å². The molecule has 0 saturated heterocycles. The third kappa shape index (κ3) is 2.69. The maximum Gasteiger partial charge on any atom is 0.0717 e. The lowest BCUT2D eigenvalue weighted by molar-refractivity contribution is 0.125. The van der Waals surface area contributed by atoms with E-state index in [0.717, 1.165) is 18.9 Å². The van der Waals surface area contributed by atoms with Crippen LogP contribution in [0.4, 0.5) is 0 Å². The summed E-state index contributed by atoms with van der Waals surface area (Å²) in [5.41, 5.74) is 7.24. The van der Waals surface area contributed by atoms with Crippen molar-refractivity contribution in [2.45, 2.75) is 53.1 Å². The zero-order valence-electron chi connectivity index (χ0n) is 14.2. The number of ether oxygens (including phenoxy) is 1. The maximum absolute atomic E-state index is 5.73. The van der Waals surface area contributed by atoms with Gasteiger partial charge in [-0.3, -0.25) is 0 Å². The van der Waals surface area contributed by atoms with E-state index in [9.17, 15) is 0 Å². The highest BCUT2D eigenvalue weighted by Gasteiger charge is 2.58. The van der Waals surface area contributed by atoms with Gasteiger partial charge in [0.1, 0.15) is 0 Å². The Morgan fingerprint density at radius 1 is 1.23 bits per heavy atom. The summed E-state index contributed by atoms with van der Waals surface area (Å²) in [5.74, 6) is 0.864. The molecule has 1 aromatic carbocycles. The Hall–Kier alpha value is -1.30. The van der Waals surface area contributed by atoms with Crippen molar-refractivity contribution in [3.8, 4) is 0 Å². The molecule has 22 heavy (non-hydrogen) atoms. The van der Waals surface area contributed by atoms with Crippen molar-refractivity contribution in [3.05, 3.63) is 53.3 Å². The molecular weight excluding hydrogens is 268 g/mol. The minimum absolute atomic E-state index is 0.374. The average Bonchev–Trinajstić information content (AvgIpc) is 2.85. The van der Waals surface area contributed by atoms with Crippen LogP contribution in [-0.2, 0) is 11.3 Å². The van der Waals surface area contributed by atoms with Crippen LogP contribution in [-0.4, -0.2) is 6.61 Å². The van der Waals surface area contributed by atoms with Gasteiger partial charge in [0.25, 0.3) is 0 Å². The number of fused-ring (bicyclic) bond motifs is 2. The quantitative estimate of drug-likeness (QED) is 0.513. The zero-order chi connectivity index (χ0) is 15.6.